The number of rotatable bonds is 6. The Kier molecular flexibility index (Phi) is 6.81. The molecule has 0 spiro atoms. The fraction of sp³-hybridized carbons (Fsp3) is 0.190. The number of carbonyl (C=O) groups is 2. The summed E-state index contributed by atoms with van der Waals surface area (Å²) in [5.74, 6) is -1.01. The maximum absolute atomic E-state index is 12.6. The zero-order valence-corrected chi connectivity index (χ0v) is 18.9. The molecule has 0 aliphatic heterocycles. The Balaban J connectivity index is 1.74. The van der Waals surface area contributed by atoms with E-state index in [0.29, 0.717) is 11.4 Å². The number of halogens is 2. The van der Waals surface area contributed by atoms with Crippen molar-refractivity contribution in [2.24, 2.45) is 0 Å². The number of aromatic nitrogens is 2. The van der Waals surface area contributed by atoms with E-state index in [1.807, 2.05) is 19.9 Å². The topological polar surface area (TPSA) is 119 Å². The molecule has 0 aliphatic rings. The minimum absolute atomic E-state index is 0.145. The number of hydrogen-bond acceptors (Lipinski definition) is 5. The number of anilines is 2. The van der Waals surface area contributed by atoms with Crippen LogP contribution in [0.25, 0.3) is 0 Å². The average Bonchev–Trinajstić information content (AvgIpc) is 3.07. The quantitative estimate of drug-likeness (QED) is 0.376. The Hall–Kier alpha value is -3.43. The second kappa shape index (κ2) is 9.37. The predicted molar refractivity (Wildman–Crippen MR) is 123 cm³/mol. The van der Waals surface area contributed by atoms with E-state index in [2.05, 4.69) is 15.7 Å². The Bertz CT molecular complexity index is 1220. The van der Waals surface area contributed by atoms with Gasteiger partial charge in [-0.25, -0.2) is 0 Å². The molecule has 0 fully saturated rings. The van der Waals surface area contributed by atoms with E-state index in [-0.39, 0.29) is 21.5 Å². The van der Waals surface area contributed by atoms with Crippen molar-refractivity contribution in [1.29, 1.82) is 0 Å². The maximum atomic E-state index is 12.6. The molecule has 3 aromatic rings. The van der Waals surface area contributed by atoms with Crippen LogP contribution in [0.5, 0.6) is 0 Å². The fourth-order valence-electron chi connectivity index (χ4n) is 3.13. The maximum Gasteiger partial charge on any atom is 0.283 e. The van der Waals surface area contributed by atoms with Crippen LogP contribution in [0.4, 0.5) is 17.1 Å². The van der Waals surface area contributed by atoms with Gasteiger partial charge in [0.2, 0.25) is 5.91 Å². The van der Waals surface area contributed by atoms with Crippen molar-refractivity contribution in [2.45, 2.75) is 26.8 Å². The second-order valence-corrected chi connectivity index (χ2v) is 7.95. The summed E-state index contributed by atoms with van der Waals surface area (Å²) in [7, 11) is 0. The van der Waals surface area contributed by atoms with Crippen LogP contribution < -0.4 is 10.6 Å². The van der Waals surface area contributed by atoms with Crippen LogP contribution >= 0.6 is 23.2 Å². The molecule has 2 aromatic carbocycles. The highest BCUT2D eigenvalue weighted by Crippen LogP contribution is 2.28. The highest BCUT2D eigenvalue weighted by Gasteiger charge is 2.22. The Morgan fingerprint density at radius 1 is 1.09 bits per heavy atom. The van der Waals surface area contributed by atoms with Crippen LogP contribution in [0.1, 0.15) is 34.7 Å². The minimum atomic E-state index is -0.695. The first-order valence-electron chi connectivity index (χ1n) is 9.45. The zero-order valence-electron chi connectivity index (χ0n) is 17.3. The number of nitro groups is 1. The predicted octanol–water partition coefficient (Wildman–Crippen LogP) is 5.17. The van der Waals surface area contributed by atoms with Gasteiger partial charge in [0.25, 0.3) is 11.6 Å². The summed E-state index contributed by atoms with van der Waals surface area (Å²) in [6.45, 7) is 5.42. The van der Waals surface area contributed by atoms with Crippen molar-refractivity contribution in [1.82, 2.24) is 9.78 Å². The van der Waals surface area contributed by atoms with E-state index in [4.69, 9.17) is 23.2 Å². The number of nitrogens with one attached hydrogen (secondary N) is 2. The van der Waals surface area contributed by atoms with Crippen molar-refractivity contribution in [3.63, 3.8) is 0 Å². The van der Waals surface area contributed by atoms with Gasteiger partial charge < -0.3 is 10.6 Å². The standard InChI is InChI=1S/C21H19Cl2N5O4/c1-11-8-12(2)27(26-11)13(3)20(29)25-18-7-5-15(10-17(18)23)24-21(30)16-6-4-14(22)9-19(16)28(31)32/h4-10,13H,1-3H3,(H,24,30)(H,25,29). The summed E-state index contributed by atoms with van der Waals surface area (Å²) in [5, 5.41) is 21.1. The molecule has 2 N–H and O–H groups in total. The van der Waals surface area contributed by atoms with Gasteiger partial charge in [0.15, 0.2) is 0 Å². The molecule has 1 unspecified atom stereocenters. The average molecular weight is 476 g/mol. The number of benzene rings is 2. The lowest BCUT2D eigenvalue weighted by atomic mass is 10.1. The smallest absolute Gasteiger partial charge is 0.283 e. The van der Waals surface area contributed by atoms with Crippen molar-refractivity contribution in [3.8, 4) is 0 Å². The van der Waals surface area contributed by atoms with Crippen molar-refractivity contribution >= 4 is 52.1 Å². The Morgan fingerprint density at radius 2 is 1.81 bits per heavy atom. The molecule has 0 saturated carbocycles. The van der Waals surface area contributed by atoms with Gasteiger partial charge in [0.05, 0.1) is 21.3 Å². The van der Waals surface area contributed by atoms with E-state index >= 15 is 0 Å². The lowest BCUT2D eigenvalue weighted by Gasteiger charge is -2.16. The summed E-state index contributed by atoms with van der Waals surface area (Å²) in [5.41, 5.74) is 1.75. The van der Waals surface area contributed by atoms with Gasteiger partial charge in [0, 0.05) is 22.5 Å². The van der Waals surface area contributed by atoms with E-state index in [1.54, 1.807) is 11.6 Å². The number of nitrogens with zero attached hydrogens (tertiary/aromatic N) is 3. The Labute approximate surface area is 193 Å². The molecule has 166 valence electrons. The summed E-state index contributed by atoms with van der Waals surface area (Å²) in [4.78, 5) is 35.7. The molecule has 0 saturated heterocycles. The summed E-state index contributed by atoms with van der Waals surface area (Å²) in [6.07, 6.45) is 0. The van der Waals surface area contributed by atoms with Crippen LogP contribution in [0.2, 0.25) is 10.0 Å². The highest BCUT2D eigenvalue weighted by atomic mass is 35.5. The molecule has 2 amide bonds. The first kappa shape index (κ1) is 23.2. The van der Waals surface area contributed by atoms with Gasteiger partial charge in [-0.15, -0.1) is 0 Å². The molecule has 9 nitrogen and oxygen atoms in total. The van der Waals surface area contributed by atoms with Gasteiger partial charge in [-0.3, -0.25) is 24.4 Å². The molecular weight excluding hydrogens is 457 g/mol. The lowest BCUT2D eigenvalue weighted by molar-refractivity contribution is -0.385. The van der Waals surface area contributed by atoms with E-state index < -0.39 is 22.6 Å². The monoisotopic (exact) mass is 475 g/mol. The molecule has 32 heavy (non-hydrogen) atoms. The van der Waals surface area contributed by atoms with Crippen LogP contribution in [0.15, 0.2) is 42.5 Å². The van der Waals surface area contributed by atoms with Gasteiger partial charge in [-0.1, -0.05) is 23.2 Å². The van der Waals surface area contributed by atoms with Crippen molar-refractivity contribution in [2.75, 3.05) is 10.6 Å². The SMILES string of the molecule is Cc1cc(C)n(C(C)C(=O)Nc2ccc(NC(=O)c3ccc(Cl)cc3[N+](=O)[O-])cc2Cl)n1. The number of carbonyl (C=O) groups excluding carboxylic acids is 2. The third kappa shape index (κ3) is 5.06. The molecule has 0 radical (unpaired) electrons. The summed E-state index contributed by atoms with van der Waals surface area (Å²) in [6, 6.07) is 9.56. The molecule has 1 atom stereocenters. The van der Waals surface area contributed by atoms with Gasteiger partial charge in [0.1, 0.15) is 11.6 Å². The molecule has 1 heterocycles. The Morgan fingerprint density at radius 3 is 2.41 bits per heavy atom. The van der Waals surface area contributed by atoms with Crippen LogP contribution in [-0.2, 0) is 4.79 Å². The van der Waals surface area contributed by atoms with Crippen LogP contribution in [0.3, 0.4) is 0 Å². The molecule has 0 aliphatic carbocycles. The molecule has 3 rings (SSSR count). The third-order valence-corrected chi connectivity index (χ3v) is 5.22. The molecular formula is C21H19Cl2N5O4. The minimum Gasteiger partial charge on any atom is -0.323 e. The first-order valence-corrected chi connectivity index (χ1v) is 10.2. The first-order chi connectivity index (χ1) is 15.1. The van der Waals surface area contributed by atoms with E-state index in [0.717, 1.165) is 17.5 Å². The molecule has 1 aromatic heterocycles. The van der Waals surface area contributed by atoms with Gasteiger partial charge >= 0.3 is 0 Å². The van der Waals surface area contributed by atoms with Crippen LogP contribution in [0, 0.1) is 24.0 Å². The van der Waals surface area contributed by atoms with Gasteiger partial charge in [-0.05, 0) is 57.2 Å². The summed E-state index contributed by atoms with van der Waals surface area (Å²) >= 11 is 12.1. The fourth-order valence-corrected chi connectivity index (χ4v) is 3.52. The van der Waals surface area contributed by atoms with Crippen molar-refractivity contribution < 1.29 is 14.5 Å². The zero-order chi connectivity index (χ0) is 23.6. The number of nitro benzene ring substituents is 1. The van der Waals surface area contributed by atoms with Gasteiger partial charge in [-0.2, -0.15) is 5.10 Å². The van der Waals surface area contributed by atoms with Crippen LogP contribution in [-0.4, -0.2) is 26.5 Å². The number of hydrogen-bond donors (Lipinski definition) is 2. The molecule has 0 bridgehead atoms. The third-order valence-electron chi connectivity index (χ3n) is 4.68. The highest BCUT2D eigenvalue weighted by molar-refractivity contribution is 6.34. The molecule has 11 heteroatoms. The lowest BCUT2D eigenvalue weighted by Crippen LogP contribution is -2.25. The normalized spacial score (nSPS) is 11.7. The largest absolute Gasteiger partial charge is 0.323 e. The van der Waals surface area contributed by atoms with Crippen molar-refractivity contribution in [3.05, 3.63) is 79.6 Å². The van der Waals surface area contributed by atoms with E-state index in [1.165, 1.54) is 30.3 Å². The second-order valence-electron chi connectivity index (χ2n) is 7.10. The summed E-state index contributed by atoms with van der Waals surface area (Å²) < 4.78 is 1.62. The van der Waals surface area contributed by atoms with E-state index in [9.17, 15) is 19.7 Å². The number of amides is 2. The number of aryl methyl sites for hydroxylation is 2.